The molecule has 0 saturated heterocycles. The van der Waals surface area contributed by atoms with Gasteiger partial charge in [-0.25, -0.2) is 14.1 Å². The third-order valence-corrected chi connectivity index (χ3v) is 6.53. The second-order valence-electron chi connectivity index (χ2n) is 7.18. The summed E-state index contributed by atoms with van der Waals surface area (Å²) >= 11 is 0.935. The summed E-state index contributed by atoms with van der Waals surface area (Å²) < 4.78 is 16.7. The normalized spacial score (nSPS) is 23.4. The molecular weight excluding hydrogens is 392 g/mol. The summed E-state index contributed by atoms with van der Waals surface area (Å²) in [4.78, 5) is 4.14. The zero-order chi connectivity index (χ0) is 19.9. The average molecular weight is 411 g/mol. The quantitative estimate of drug-likeness (QED) is 0.397. The average Bonchev–Trinajstić information content (AvgIpc) is 3.01. The van der Waals surface area contributed by atoms with Crippen LogP contribution in [-0.4, -0.2) is 14.8 Å². The van der Waals surface area contributed by atoms with Crippen molar-refractivity contribution in [3.63, 3.8) is 0 Å². The lowest BCUT2D eigenvalue weighted by atomic mass is 9.85. The van der Waals surface area contributed by atoms with Crippen molar-refractivity contribution >= 4 is 26.3 Å². The van der Waals surface area contributed by atoms with E-state index in [1.165, 1.54) is 12.4 Å². The largest absolute Gasteiger partial charge is 0.321 e. The first-order valence-electron chi connectivity index (χ1n) is 8.75. The number of nitrogens with two attached hydrogens (primary N) is 1. The van der Waals surface area contributed by atoms with E-state index >= 15 is 4.39 Å². The summed E-state index contributed by atoms with van der Waals surface area (Å²) in [5.74, 6) is -0.289. The summed E-state index contributed by atoms with van der Waals surface area (Å²) in [6, 6.07) is 13.1. The van der Waals surface area contributed by atoms with Crippen molar-refractivity contribution in [2.45, 2.75) is 36.0 Å². The lowest BCUT2D eigenvalue weighted by Crippen LogP contribution is -2.36. The maximum absolute atomic E-state index is 15.1. The van der Waals surface area contributed by atoms with Crippen LogP contribution in [0.3, 0.4) is 0 Å². The van der Waals surface area contributed by atoms with Crippen LogP contribution in [0, 0.1) is 23.4 Å². The van der Waals surface area contributed by atoms with Crippen LogP contribution in [0.4, 0.5) is 4.39 Å². The molecular formula is C20H19FN5PS. The first-order chi connectivity index (χ1) is 13.4. The lowest BCUT2D eigenvalue weighted by molar-refractivity contribution is 0.406. The molecule has 3 atom stereocenters. The van der Waals surface area contributed by atoms with E-state index in [9.17, 15) is 0 Å². The van der Waals surface area contributed by atoms with Crippen LogP contribution in [0.15, 0.2) is 53.9 Å². The molecule has 5 nitrogen and oxygen atoms in total. The highest BCUT2D eigenvalue weighted by atomic mass is 32.2. The Bertz CT molecular complexity index is 1090. The lowest BCUT2D eigenvalue weighted by Gasteiger charge is -2.26. The van der Waals surface area contributed by atoms with Crippen molar-refractivity contribution in [1.82, 2.24) is 14.8 Å². The van der Waals surface area contributed by atoms with Crippen molar-refractivity contribution < 1.29 is 4.39 Å². The molecule has 1 heterocycles. The summed E-state index contributed by atoms with van der Waals surface area (Å²) in [5, 5.41) is 16.6. The molecule has 1 aromatic heterocycles. The molecule has 1 aliphatic carbocycles. The fraction of sp³-hybridized carbons (Fsp3) is 0.250. The summed E-state index contributed by atoms with van der Waals surface area (Å²) in [5.41, 5.74) is 8.14. The molecule has 28 heavy (non-hydrogen) atoms. The van der Waals surface area contributed by atoms with Crippen molar-refractivity contribution in [3.05, 3.63) is 71.3 Å². The fourth-order valence-electron chi connectivity index (χ4n) is 4.13. The molecule has 0 spiro atoms. The van der Waals surface area contributed by atoms with Crippen LogP contribution >= 0.6 is 21.0 Å². The van der Waals surface area contributed by atoms with Gasteiger partial charge in [0.1, 0.15) is 17.5 Å². The van der Waals surface area contributed by atoms with Crippen LogP contribution in [0.25, 0.3) is 0 Å². The zero-order valence-corrected chi connectivity index (χ0v) is 17.2. The molecule has 0 amide bonds. The summed E-state index contributed by atoms with van der Waals surface area (Å²) in [6.45, 7) is 2.36. The second-order valence-corrected chi connectivity index (χ2v) is 8.60. The van der Waals surface area contributed by atoms with E-state index in [-0.39, 0.29) is 5.82 Å². The van der Waals surface area contributed by atoms with Gasteiger partial charge in [-0.1, -0.05) is 36.4 Å². The number of hydrogen-bond acceptors (Lipinski definition) is 5. The maximum atomic E-state index is 15.1. The number of nitrogens with zero attached hydrogens (tertiary/aromatic N) is 4. The minimum atomic E-state index is -0.734. The predicted octanol–water partition coefficient (Wildman–Crippen LogP) is 3.00. The Morgan fingerprint density at radius 3 is 2.82 bits per heavy atom. The van der Waals surface area contributed by atoms with Crippen molar-refractivity contribution in [1.29, 1.82) is 5.26 Å². The number of thioether (sulfide) groups is 1. The number of rotatable bonds is 5. The second kappa shape index (κ2) is 6.97. The Balaban J connectivity index is 1.85. The molecule has 3 aromatic rings. The summed E-state index contributed by atoms with van der Waals surface area (Å²) in [7, 11) is 2.51. The van der Waals surface area contributed by atoms with Crippen LogP contribution in [-0.2, 0) is 17.5 Å². The Morgan fingerprint density at radius 1 is 1.32 bits per heavy atom. The number of aromatic nitrogens is 3. The van der Waals surface area contributed by atoms with Crippen LogP contribution in [0.5, 0.6) is 0 Å². The van der Waals surface area contributed by atoms with Gasteiger partial charge < -0.3 is 5.73 Å². The minimum Gasteiger partial charge on any atom is -0.321 e. The van der Waals surface area contributed by atoms with E-state index in [0.29, 0.717) is 23.7 Å². The topological polar surface area (TPSA) is 80.5 Å². The molecule has 2 N–H and O–H groups in total. The Labute approximate surface area is 169 Å². The van der Waals surface area contributed by atoms with Crippen molar-refractivity contribution in [2.75, 3.05) is 0 Å². The highest BCUT2D eigenvalue weighted by Crippen LogP contribution is 2.64. The monoisotopic (exact) mass is 411 g/mol. The van der Waals surface area contributed by atoms with Gasteiger partial charge in [0.25, 0.3) is 0 Å². The van der Waals surface area contributed by atoms with Gasteiger partial charge in [0.2, 0.25) is 5.16 Å². The number of halogens is 1. The van der Waals surface area contributed by atoms with E-state index < -0.39 is 11.0 Å². The highest BCUT2D eigenvalue weighted by molar-refractivity contribution is 8.03. The highest BCUT2D eigenvalue weighted by Gasteiger charge is 2.68. The molecule has 8 heteroatoms. The molecule has 142 valence electrons. The summed E-state index contributed by atoms with van der Waals surface area (Å²) in [6.07, 6.45) is 1.98. The molecule has 3 unspecified atom stereocenters. The van der Waals surface area contributed by atoms with Crippen molar-refractivity contribution in [2.24, 2.45) is 5.73 Å². The first-order valence-corrected chi connectivity index (χ1v) is 10.1. The Morgan fingerprint density at radius 2 is 2.11 bits per heavy atom. The molecule has 0 aliphatic heterocycles. The molecule has 2 aromatic carbocycles. The molecule has 4 rings (SSSR count). The van der Waals surface area contributed by atoms with Crippen molar-refractivity contribution in [3.8, 4) is 5.40 Å². The Hall–Kier alpha value is -2.26. The predicted molar refractivity (Wildman–Crippen MR) is 111 cm³/mol. The van der Waals surface area contributed by atoms with Gasteiger partial charge in [-0.3, -0.25) is 0 Å². The molecule has 0 radical (unpaired) electrons. The smallest absolute Gasteiger partial charge is 0.200 e. The van der Waals surface area contributed by atoms with Gasteiger partial charge >= 0.3 is 0 Å². The first kappa shape index (κ1) is 19.1. The van der Waals surface area contributed by atoms with Gasteiger partial charge in [-0.15, -0.1) is 9.24 Å². The number of benzene rings is 2. The van der Waals surface area contributed by atoms with E-state index in [1.807, 2.05) is 42.7 Å². The number of aryl methyl sites for hydroxylation is 1. The van der Waals surface area contributed by atoms with Gasteiger partial charge in [0.05, 0.1) is 12.1 Å². The van der Waals surface area contributed by atoms with E-state index in [0.717, 1.165) is 28.2 Å². The zero-order valence-electron chi connectivity index (χ0n) is 15.3. The van der Waals surface area contributed by atoms with Crippen LogP contribution in [0.1, 0.15) is 23.1 Å². The SMILES string of the molecule is Cc1ccccc1C1(N)CC1(Cn1ncnc1SC#N)c1ccc(P)cc1F. The molecule has 0 bridgehead atoms. The Kier molecular flexibility index (Phi) is 4.75. The third-order valence-electron chi connectivity index (χ3n) is 5.58. The standard InChI is InChI=1S/C20H19FN5PS/c1-13-4-2-3-5-15(13)20(23)9-19(20,16-7-6-14(27)8-17(16)21)10-26-18(28-11-22)24-12-25-26/h2-8,12H,9-10,23,27H2,1H3. The molecule has 1 fully saturated rings. The van der Waals surface area contributed by atoms with Gasteiger partial charge in [0.15, 0.2) is 0 Å². The van der Waals surface area contributed by atoms with E-state index in [4.69, 9.17) is 11.0 Å². The number of hydrogen-bond donors (Lipinski definition) is 1. The van der Waals surface area contributed by atoms with E-state index in [2.05, 4.69) is 19.3 Å². The molecule has 1 aliphatic rings. The maximum Gasteiger partial charge on any atom is 0.200 e. The molecule has 1 saturated carbocycles. The minimum absolute atomic E-state index is 0.289. The van der Waals surface area contributed by atoms with Crippen LogP contribution in [0.2, 0.25) is 0 Å². The van der Waals surface area contributed by atoms with Crippen LogP contribution < -0.4 is 11.0 Å². The number of thiocyanates is 1. The van der Waals surface area contributed by atoms with Gasteiger partial charge in [0, 0.05) is 17.2 Å². The third kappa shape index (κ3) is 2.93. The van der Waals surface area contributed by atoms with Gasteiger partial charge in [-0.05, 0) is 41.4 Å². The fourth-order valence-corrected chi connectivity index (χ4v) is 4.77. The number of nitriles is 1. The van der Waals surface area contributed by atoms with Gasteiger partial charge in [-0.2, -0.15) is 10.4 Å². The van der Waals surface area contributed by atoms with E-state index in [1.54, 1.807) is 10.7 Å².